The van der Waals surface area contributed by atoms with Gasteiger partial charge < -0.3 is 10.5 Å². The minimum absolute atomic E-state index is 0.178. The van der Waals surface area contributed by atoms with Gasteiger partial charge >= 0.3 is 0 Å². The van der Waals surface area contributed by atoms with Crippen LogP contribution in [0.15, 0.2) is 54.6 Å². The third-order valence-corrected chi connectivity index (χ3v) is 3.69. The largest absolute Gasteiger partial charge is 0.497 e. The zero-order valence-corrected chi connectivity index (χ0v) is 12.2. The highest BCUT2D eigenvalue weighted by Crippen LogP contribution is 2.28. The lowest BCUT2D eigenvalue weighted by molar-refractivity contribution is 0.414. The molecular formula is C18H18N2O. The number of aryl methyl sites for hydroxylation is 1. The highest BCUT2D eigenvalue weighted by molar-refractivity contribution is 5.83. The normalized spacial score (nSPS) is 12.3. The first-order chi connectivity index (χ1) is 10.2. The van der Waals surface area contributed by atoms with Gasteiger partial charge in [0.15, 0.2) is 0 Å². The molecule has 0 fully saturated rings. The summed E-state index contributed by atoms with van der Waals surface area (Å²) in [5.74, 6) is 0.835. The number of hydrogen-bond acceptors (Lipinski definition) is 3. The number of aromatic nitrogens is 1. The van der Waals surface area contributed by atoms with Crippen LogP contribution in [-0.2, 0) is 0 Å². The molecule has 0 aliphatic rings. The molecule has 3 nitrogen and oxygen atoms in total. The quantitative estimate of drug-likeness (QED) is 0.796. The molecule has 0 amide bonds. The minimum atomic E-state index is -0.178. The Labute approximate surface area is 124 Å². The summed E-state index contributed by atoms with van der Waals surface area (Å²) in [5, 5.41) is 1.10. The Balaban J connectivity index is 2.09. The summed E-state index contributed by atoms with van der Waals surface area (Å²) in [6.45, 7) is 2.00. The first-order valence-electron chi connectivity index (χ1n) is 6.95. The van der Waals surface area contributed by atoms with Crippen LogP contribution in [0, 0.1) is 6.92 Å². The van der Waals surface area contributed by atoms with Crippen LogP contribution in [0.1, 0.15) is 22.9 Å². The molecule has 1 heterocycles. The van der Waals surface area contributed by atoms with E-state index < -0.39 is 0 Å². The first kappa shape index (κ1) is 13.6. The Bertz CT molecular complexity index is 766. The zero-order chi connectivity index (χ0) is 14.8. The van der Waals surface area contributed by atoms with E-state index >= 15 is 0 Å². The van der Waals surface area contributed by atoms with E-state index in [1.807, 2.05) is 49.4 Å². The number of fused-ring (bicyclic) bond motifs is 1. The van der Waals surface area contributed by atoms with E-state index in [0.29, 0.717) is 0 Å². The van der Waals surface area contributed by atoms with Crippen molar-refractivity contribution in [3.8, 4) is 5.75 Å². The molecule has 1 unspecified atom stereocenters. The molecule has 0 saturated carbocycles. The summed E-state index contributed by atoms with van der Waals surface area (Å²) in [4.78, 5) is 4.56. The fourth-order valence-electron chi connectivity index (χ4n) is 2.59. The monoisotopic (exact) mass is 278 g/mol. The minimum Gasteiger partial charge on any atom is -0.497 e. The molecule has 0 spiro atoms. The first-order valence-corrected chi connectivity index (χ1v) is 6.95. The predicted molar refractivity (Wildman–Crippen MR) is 85.5 cm³/mol. The second kappa shape index (κ2) is 5.54. The van der Waals surface area contributed by atoms with Gasteiger partial charge in [-0.3, -0.25) is 4.98 Å². The zero-order valence-electron chi connectivity index (χ0n) is 12.2. The van der Waals surface area contributed by atoms with Crippen molar-refractivity contribution in [3.05, 3.63) is 71.4 Å². The molecule has 1 aromatic heterocycles. The van der Waals surface area contributed by atoms with E-state index in [4.69, 9.17) is 10.5 Å². The van der Waals surface area contributed by atoms with Gasteiger partial charge in [0.1, 0.15) is 5.75 Å². The highest BCUT2D eigenvalue weighted by atomic mass is 16.5. The van der Waals surface area contributed by atoms with Crippen LogP contribution in [0.5, 0.6) is 5.75 Å². The van der Waals surface area contributed by atoms with Gasteiger partial charge in [-0.2, -0.15) is 0 Å². The summed E-state index contributed by atoms with van der Waals surface area (Å²) in [6.07, 6.45) is 0. The summed E-state index contributed by atoms with van der Waals surface area (Å²) in [5.41, 5.74) is 10.6. The van der Waals surface area contributed by atoms with E-state index in [2.05, 4.69) is 17.1 Å². The van der Waals surface area contributed by atoms with Gasteiger partial charge in [-0.05, 0) is 42.3 Å². The Morgan fingerprint density at radius 2 is 1.76 bits per heavy atom. The lowest BCUT2D eigenvalue weighted by Gasteiger charge is -2.16. The number of nitrogens with zero attached hydrogens (tertiary/aromatic N) is 1. The number of rotatable bonds is 3. The molecule has 3 rings (SSSR count). The predicted octanol–water partition coefficient (Wildman–Crippen LogP) is 3.60. The number of para-hydroxylation sites is 1. The molecule has 0 aliphatic heterocycles. The van der Waals surface area contributed by atoms with Crippen molar-refractivity contribution in [2.45, 2.75) is 13.0 Å². The van der Waals surface area contributed by atoms with Crippen molar-refractivity contribution in [3.63, 3.8) is 0 Å². The van der Waals surface area contributed by atoms with Crippen LogP contribution < -0.4 is 10.5 Å². The third-order valence-electron chi connectivity index (χ3n) is 3.69. The fraction of sp³-hybridized carbons (Fsp3) is 0.167. The second-order valence-electron chi connectivity index (χ2n) is 5.12. The van der Waals surface area contributed by atoms with E-state index in [1.54, 1.807) is 7.11 Å². The number of ether oxygens (including phenoxy) is 1. The van der Waals surface area contributed by atoms with Gasteiger partial charge in [-0.15, -0.1) is 0 Å². The van der Waals surface area contributed by atoms with Crippen LogP contribution >= 0.6 is 0 Å². The van der Waals surface area contributed by atoms with Crippen LogP contribution in [0.2, 0.25) is 0 Å². The second-order valence-corrected chi connectivity index (χ2v) is 5.12. The maximum absolute atomic E-state index is 6.47. The molecule has 1 atom stereocenters. The maximum atomic E-state index is 6.47. The number of pyridine rings is 1. The molecule has 2 aromatic carbocycles. The molecule has 0 radical (unpaired) electrons. The highest BCUT2D eigenvalue weighted by Gasteiger charge is 2.13. The number of methoxy groups -OCH3 is 1. The van der Waals surface area contributed by atoms with Crippen LogP contribution in [0.25, 0.3) is 10.9 Å². The average Bonchev–Trinajstić information content (AvgIpc) is 2.53. The van der Waals surface area contributed by atoms with Gasteiger partial charge in [0.2, 0.25) is 0 Å². The van der Waals surface area contributed by atoms with Gasteiger partial charge in [-0.25, -0.2) is 0 Å². The molecule has 2 N–H and O–H groups in total. The topological polar surface area (TPSA) is 48.1 Å². The van der Waals surface area contributed by atoms with Crippen LogP contribution in [0.4, 0.5) is 0 Å². The van der Waals surface area contributed by atoms with Crippen LogP contribution in [-0.4, -0.2) is 12.1 Å². The van der Waals surface area contributed by atoms with E-state index in [-0.39, 0.29) is 6.04 Å². The SMILES string of the molecule is COc1ccc(C(N)c2cc(C)nc3ccccc23)cc1. The summed E-state index contributed by atoms with van der Waals surface area (Å²) in [7, 11) is 1.66. The van der Waals surface area contributed by atoms with Crippen molar-refractivity contribution in [2.75, 3.05) is 7.11 Å². The van der Waals surface area contributed by atoms with E-state index in [1.165, 1.54) is 0 Å². The molecule has 106 valence electrons. The molecular weight excluding hydrogens is 260 g/mol. The van der Waals surface area contributed by atoms with Crippen LogP contribution in [0.3, 0.4) is 0 Å². The Kier molecular flexibility index (Phi) is 3.59. The molecule has 0 aliphatic carbocycles. The molecule has 0 bridgehead atoms. The summed E-state index contributed by atoms with van der Waals surface area (Å²) >= 11 is 0. The Morgan fingerprint density at radius 3 is 2.48 bits per heavy atom. The van der Waals surface area contributed by atoms with Gasteiger partial charge in [0, 0.05) is 11.1 Å². The Morgan fingerprint density at radius 1 is 1.05 bits per heavy atom. The molecule has 3 heteroatoms. The van der Waals surface area contributed by atoms with Crippen molar-refractivity contribution in [2.24, 2.45) is 5.73 Å². The van der Waals surface area contributed by atoms with Gasteiger partial charge in [0.05, 0.1) is 18.7 Å². The van der Waals surface area contributed by atoms with Crippen molar-refractivity contribution >= 4 is 10.9 Å². The molecule has 21 heavy (non-hydrogen) atoms. The maximum Gasteiger partial charge on any atom is 0.118 e. The van der Waals surface area contributed by atoms with Gasteiger partial charge in [-0.1, -0.05) is 30.3 Å². The van der Waals surface area contributed by atoms with E-state index in [0.717, 1.165) is 33.5 Å². The summed E-state index contributed by atoms with van der Waals surface area (Å²) in [6, 6.07) is 17.9. The number of nitrogens with two attached hydrogens (primary N) is 1. The fourth-order valence-corrected chi connectivity index (χ4v) is 2.59. The van der Waals surface area contributed by atoms with Gasteiger partial charge in [0.25, 0.3) is 0 Å². The number of hydrogen-bond donors (Lipinski definition) is 1. The third kappa shape index (κ3) is 2.60. The molecule has 3 aromatic rings. The average molecular weight is 278 g/mol. The van der Waals surface area contributed by atoms with Crippen molar-refractivity contribution in [1.29, 1.82) is 0 Å². The molecule has 0 saturated heterocycles. The number of benzene rings is 2. The lowest BCUT2D eigenvalue weighted by Crippen LogP contribution is -2.13. The van der Waals surface area contributed by atoms with Crippen molar-refractivity contribution < 1.29 is 4.74 Å². The lowest BCUT2D eigenvalue weighted by atomic mass is 9.95. The van der Waals surface area contributed by atoms with E-state index in [9.17, 15) is 0 Å². The summed E-state index contributed by atoms with van der Waals surface area (Å²) < 4.78 is 5.19. The Hall–Kier alpha value is -2.39. The van der Waals surface area contributed by atoms with Crippen molar-refractivity contribution in [1.82, 2.24) is 4.98 Å². The standard InChI is InChI=1S/C18H18N2O/c1-12-11-16(15-5-3-4-6-17(15)20-12)18(19)13-7-9-14(21-2)10-8-13/h3-11,18H,19H2,1-2H3. The smallest absolute Gasteiger partial charge is 0.118 e.